The van der Waals surface area contributed by atoms with Crippen molar-refractivity contribution >= 4 is 58.2 Å². The number of alkyl carbamates (subject to hydrolysis) is 2. The molecule has 0 radical (unpaired) electrons. The van der Waals surface area contributed by atoms with Crippen LogP contribution in [0.1, 0.15) is 47.1 Å². The molecule has 5 amide bonds. The maximum absolute atomic E-state index is 12.6. The Kier molecular flexibility index (Phi) is 14.6. The molecule has 0 fully saturated rings. The highest BCUT2D eigenvalue weighted by Gasteiger charge is 2.26. The van der Waals surface area contributed by atoms with Crippen LogP contribution in [0.5, 0.6) is 0 Å². The molecule has 2 atom stereocenters. The molecule has 0 bridgehead atoms. The van der Waals surface area contributed by atoms with Crippen LogP contribution in [0.15, 0.2) is 24.3 Å². The van der Waals surface area contributed by atoms with Crippen molar-refractivity contribution in [1.82, 2.24) is 21.3 Å². The minimum Gasteiger partial charge on any atom is -0.449 e. The highest BCUT2D eigenvalue weighted by molar-refractivity contribution is 14.1. The number of ether oxygens (including phenoxy) is 2. The van der Waals surface area contributed by atoms with E-state index in [-0.39, 0.29) is 48.0 Å². The van der Waals surface area contributed by atoms with Gasteiger partial charge in [-0.25, -0.2) is 9.59 Å². The Hall–Kier alpha value is -3.10. The lowest BCUT2D eigenvalue weighted by Gasteiger charge is -2.23. The quantitative estimate of drug-likeness (QED) is 0.123. The number of rotatable bonds is 13. The molecule has 0 aliphatic rings. The molecular weight excluding hydrogens is 621 g/mol. The van der Waals surface area contributed by atoms with Crippen molar-refractivity contribution < 1.29 is 33.4 Å². The lowest BCUT2D eigenvalue weighted by Crippen LogP contribution is -2.53. The van der Waals surface area contributed by atoms with Crippen LogP contribution >= 0.6 is 22.6 Å². The lowest BCUT2D eigenvalue weighted by atomic mass is 9.99. The van der Waals surface area contributed by atoms with Gasteiger partial charge in [-0.2, -0.15) is 0 Å². The molecule has 39 heavy (non-hydrogen) atoms. The van der Waals surface area contributed by atoms with Gasteiger partial charge >= 0.3 is 12.2 Å². The normalized spacial score (nSPS) is 12.5. The second-order valence-corrected chi connectivity index (χ2v) is 11.2. The molecule has 0 unspecified atom stereocenters. The third-order valence-electron chi connectivity index (χ3n) is 5.03. The third-order valence-corrected chi connectivity index (χ3v) is 5.72. The smallest absolute Gasteiger partial charge is 0.407 e. The van der Waals surface area contributed by atoms with Gasteiger partial charge in [-0.05, 0) is 36.0 Å². The van der Waals surface area contributed by atoms with Gasteiger partial charge in [-0.3, -0.25) is 14.4 Å². The van der Waals surface area contributed by atoms with Crippen LogP contribution in [-0.2, 0) is 30.5 Å². The number of anilines is 1. The molecule has 0 saturated carbocycles. The Morgan fingerprint density at radius 3 is 1.92 bits per heavy atom. The van der Waals surface area contributed by atoms with Crippen LogP contribution in [0, 0.1) is 11.3 Å². The fraction of sp³-hybridized carbons (Fsp3) is 0.577. The van der Waals surface area contributed by atoms with Crippen molar-refractivity contribution in [3.63, 3.8) is 0 Å². The Balaban J connectivity index is 2.41. The summed E-state index contributed by atoms with van der Waals surface area (Å²) in [5.74, 6) is -1.27. The van der Waals surface area contributed by atoms with Crippen molar-refractivity contribution in [2.75, 3.05) is 29.4 Å². The van der Waals surface area contributed by atoms with E-state index in [0.29, 0.717) is 11.3 Å². The van der Waals surface area contributed by atoms with E-state index in [1.54, 1.807) is 31.2 Å². The summed E-state index contributed by atoms with van der Waals surface area (Å²) >= 11 is 1.91. The molecule has 0 heterocycles. The number of carbonyl (C=O) groups excluding carboxylic acids is 5. The molecule has 0 spiro atoms. The van der Waals surface area contributed by atoms with E-state index < -0.39 is 36.1 Å². The number of benzene rings is 1. The summed E-state index contributed by atoms with van der Waals surface area (Å²) in [6.45, 7) is 11.7. The second kappa shape index (κ2) is 16.8. The molecule has 1 rings (SSSR count). The second-order valence-electron chi connectivity index (χ2n) is 10.4. The van der Waals surface area contributed by atoms with Gasteiger partial charge in [0.05, 0.1) is 11.0 Å². The third kappa shape index (κ3) is 14.6. The SMILES string of the molecule is CC(C)[C@H](NC(=O)CI)C(=O)N[C@@H](C)C(=O)Nc1ccc(COC(=O)NCCNC(=O)OCC(C)(C)C)cc1. The first-order valence-electron chi connectivity index (χ1n) is 12.6. The summed E-state index contributed by atoms with van der Waals surface area (Å²) in [5, 5.41) is 13.1. The maximum atomic E-state index is 12.6. The van der Waals surface area contributed by atoms with Crippen LogP contribution in [0.25, 0.3) is 0 Å². The van der Waals surface area contributed by atoms with Crippen LogP contribution in [0.4, 0.5) is 15.3 Å². The van der Waals surface area contributed by atoms with Gasteiger partial charge in [0.2, 0.25) is 17.7 Å². The van der Waals surface area contributed by atoms with Gasteiger partial charge in [0, 0.05) is 18.8 Å². The average molecular weight is 662 g/mol. The van der Waals surface area contributed by atoms with E-state index in [1.807, 2.05) is 57.2 Å². The van der Waals surface area contributed by atoms with Crippen LogP contribution in [0.3, 0.4) is 0 Å². The first-order valence-corrected chi connectivity index (χ1v) is 14.1. The first-order chi connectivity index (χ1) is 18.2. The Bertz CT molecular complexity index is 980. The Morgan fingerprint density at radius 1 is 0.846 bits per heavy atom. The molecule has 218 valence electrons. The average Bonchev–Trinajstić information content (AvgIpc) is 2.87. The molecule has 0 aliphatic heterocycles. The largest absolute Gasteiger partial charge is 0.449 e. The zero-order valence-corrected chi connectivity index (χ0v) is 25.5. The van der Waals surface area contributed by atoms with Crippen LogP contribution < -0.4 is 26.6 Å². The molecule has 1 aromatic carbocycles. The lowest BCUT2D eigenvalue weighted by molar-refractivity contribution is -0.131. The minimum atomic E-state index is -0.836. The summed E-state index contributed by atoms with van der Waals surface area (Å²) < 4.78 is 10.4. The minimum absolute atomic E-state index is 0.00705. The number of halogens is 1. The van der Waals surface area contributed by atoms with E-state index >= 15 is 0 Å². The molecule has 1 aromatic rings. The molecule has 5 N–H and O–H groups in total. The highest BCUT2D eigenvalue weighted by atomic mass is 127. The zero-order chi connectivity index (χ0) is 29.6. The molecule has 0 aromatic heterocycles. The van der Waals surface area contributed by atoms with E-state index in [1.165, 1.54) is 0 Å². The number of hydrogen-bond donors (Lipinski definition) is 5. The first kappa shape index (κ1) is 33.9. The summed E-state index contributed by atoms with van der Waals surface area (Å²) in [6.07, 6.45) is -1.19. The van der Waals surface area contributed by atoms with Gasteiger partial charge in [0.25, 0.3) is 0 Å². The van der Waals surface area contributed by atoms with E-state index in [2.05, 4.69) is 26.6 Å². The summed E-state index contributed by atoms with van der Waals surface area (Å²) in [5.41, 5.74) is 1.06. The summed E-state index contributed by atoms with van der Waals surface area (Å²) in [6, 6.07) is 5.09. The fourth-order valence-electron chi connectivity index (χ4n) is 2.91. The maximum Gasteiger partial charge on any atom is 0.407 e. The van der Waals surface area contributed by atoms with Gasteiger partial charge in [0.1, 0.15) is 18.7 Å². The fourth-order valence-corrected chi connectivity index (χ4v) is 3.13. The summed E-state index contributed by atoms with van der Waals surface area (Å²) in [4.78, 5) is 60.3. The van der Waals surface area contributed by atoms with Gasteiger partial charge in [-0.15, -0.1) is 0 Å². The van der Waals surface area contributed by atoms with Gasteiger partial charge in [0.15, 0.2) is 0 Å². The number of amides is 5. The molecular formula is C26H40IN5O7. The molecule has 0 saturated heterocycles. The van der Waals surface area contributed by atoms with E-state index in [4.69, 9.17) is 9.47 Å². The van der Waals surface area contributed by atoms with Crippen molar-refractivity contribution in [2.45, 2.75) is 60.2 Å². The van der Waals surface area contributed by atoms with Crippen molar-refractivity contribution in [3.05, 3.63) is 29.8 Å². The highest BCUT2D eigenvalue weighted by Crippen LogP contribution is 2.13. The van der Waals surface area contributed by atoms with Crippen molar-refractivity contribution in [2.24, 2.45) is 11.3 Å². The number of carbonyl (C=O) groups is 5. The Labute approximate surface area is 243 Å². The van der Waals surface area contributed by atoms with Crippen LogP contribution in [0.2, 0.25) is 0 Å². The monoisotopic (exact) mass is 661 g/mol. The number of alkyl halides is 1. The van der Waals surface area contributed by atoms with Gasteiger partial charge in [-0.1, -0.05) is 69.3 Å². The molecule has 12 nitrogen and oxygen atoms in total. The summed E-state index contributed by atoms with van der Waals surface area (Å²) in [7, 11) is 0. The zero-order valence-electron chi connectivity index (χ0n) is 23.3. The predicted octanol–water partition coefficient (Wildman–Crippen LogP) is 2.70. The number of nitrogens with one attached hydrogen (secondary N) is 5. The van der Waals surface area contributed by atoms with Gasteiger partial charge < -0.3 is 36.1 Å². The molecule has 13 heteroatoms. The standard InChI is InChI=1S/C26H40IN5O7/c1-16(2)21(32-20(33)13-27)23(35)30-17(3)22(34)31-19-9-7-18(8-10-19)14-38-24(36)28-11-12-29-25(37)39-15-26(4,5)6/h7-10,16-17,21H,11-15H2,1-6H3,(H,28,36)(H,29,37)(H,30,35)(H,31,34)(H,32,33)/t17-,21-/m0/s1. The topological polar surface area (TPSA) is 164 Å². The predicted molar refractivity (Wildman–Crippen MR) is 155 cm³/mol. The van der Waals surface area contributed by atoms with Crippen molar-refractivity contribution in [1.29, 1.82) is 0 Å². The van der Waals surface area contributed by atoms with Crippen LogP contribution in [-0.4, -0.2) is 66.1 Å². The van der Waals surface area contributed by atoms with E-state index in [0.717, 1.165) is 0 Å². The Morgan fingerprint density at radius 2 is 1.41 bits per heavy atom. The number of hydrogen-bond acceptors (Lipinski definition) is 7. The van der Waals surface area contributed by atoms with Crippen molar-refractivity contribution in [3.8, 4) is 0 Å². The molecule has 0 aliphatic carbocycles. The van der Waals surface area contributed by atoms with E-state index in [9.17, 15) is 24.0 Å².